The number of rotatable bonds is 5. The normalized spacial score (nSPS) is 19.1. The molecule has 2 aliphatic rings. The van der Waals surface area contributed by atoms with E-state index < -0.39 is 10.0 Å². The van der Waals surface area contributed by atoms with Crippen molar-refractivity contribution in [1.82, 2.24) is 14.3 Å². The van der Waals surface area contributed by atoms with Gasteiger partial charge in [-0.15, -0.1) is 0 Å². The number of sulfonamides is 1. The highest BCUT2D eigenvalue weighted by molar-refractivity contribution is 7.89. The van der Waals surface area contributed by atoms with Gasteiger partial charge in [0.15, 0.2) is 0 Å². The molecule has 0 amide bonds. The number of anilines is 1. The zero-order chi connectivity index (χ0) is 21.1. The molecule has 0 atom stereocenters. The summed E-state index contributed by atoms with van der Waals surface area (Å²) < 4.78 is 38.1. The maximum atomic E-state index is 13.0. The molecule has 9 heteroatoms. The van der Waals surface area contributed by atoms with Crippen LogP contribution in [-0.2, 0) is 14.8 Å². The Hall–Kier alpha value is -2.23. The molecule has 2 aliphatic heterocycles. The molecule has 0 radical (unpaired) electrons. The SMILES string of the molecule is COc1ccc(S(=O)(=O)N2CCC(c3nc(C)cc(N4CCOCC4)n3)CC2)cc1. The van der Waals surface area contributed by atoms with Gasteiger partial charge in [-0.25, -0.2) is 18.4 Å². The van der Waals surface area contributed by atoms with Gasteiger partial charge in [0.1, 0.15) is 17.4 Å². The summed E-state index contributed by atoms with van der Waals surface area (Å²) in [7, 11) is -1.95. The second kappa shape index (κ2) is 8.87. The van der Waals surface area contributed by atoms with E-state index in [9.17, 15) is 8.42 Å². The predicted molar refractivity (Wildman–Crippen MR) is 114 cm³/mol. The van der Waals surface area contributed by atoms with Crippen molar-refractivity contribution >= 4 is 15.8 Å². The summed E-state index contributed by atoms with van der Waals surface area (Å²) >= 11 is 0. The molecule has 2 fully saturated rings. The Morgan fingerprint density at radius 3 is 2.33 bits per heavy atom. The highest BCUT2D eigenvalue weighted by atomic mass is 32.2. The Bertz CT molecular complexity index is 967. The molecule has 1 aromatic carbocycles. The number of aromatic nitrogens is 2. The summed E-state index contributed by atoms with van der Waals surface area (Å²) in [6.07, 6.45) is 1.42. The first kappa shape index (κ1) is 21.0. The Morgan fingerprint density at radius 2 is 1.70 bits per heavy atom. The smallest absolute Gasteiger partial charge is 0.243 e. The Kier molecular flexibility index (Phi) is 6.21. The van der Waals surface area contributed by atoms with Gasteiger partial charge in [0.05, 0.1) is 25.2 Å². The molecule has 0 saturated carbocycles. The Morgan fingerprint density at radius 1 is 1.03 bits per heavy atom. The molecule has 3 heterocycles. The second-order valence-electron chi connectivity index (χ2n) is 7.68. The van der Waals surface area contributed by atoms with Crippen LogP contribution in [0.1, 0.15) is 30.3 Å². The van der Waals surface area contributed by atoms with E-state index in [2.05, 4.69) is 9.88 Å². The van der Waals surface area contributed by atoms with Gasteiger partial charge < -0.3 is 14.4 Å². The lowest BCUT2D eigenvalue weighted by Crippen LogP contribution is -2.39. The van der Waals surface area contributed by atoms with Crippen LogP contribution in [0.2, 0.25) is 0 Å². The average Bonchev–Trinajstić information content (AvgIpc) is 2.79. The molecule has 1 aromatic heterocycles. The summed E-state index contributed by atoms with van der Waals surface area (Å²) in [5.74, 6) is 2.56. The number of hydrogen-bond donors (Lipinski definition) is 0. The van der Waals surface area contributed by atoms with Crippen molar-refractivity contribution in [1.29, 1.82) is 0 Å². The third-order valence-corrected chi connectivity index (χ3v) is 7.62. The lowest BCUT2D eigenvalue weighted by molar-refractivity contribution is 0.122. The largest absolute Gasteiger partial charge is 0.497 e. The van der Waals surface area contributed by atoms with Crippen LogP contribution in [0.3, 0.4) is 0 Å². The van der Waals surface area contributed by atoms with Crippen LogP contribution in [0.15, 0.2) is 35.2 Å². The molecule has 0 unspecified atom stereocenters. The zero-order valence-corrected chi connectivity index (χ0v) is 18.3. The molecule has 0 aliphatic carbocycles. The number of hydrogen-bond acceptors (Lipinski definition) is 7. The fraction of sp³-hybridized carbons (Fsp3) is 0.524. The topological polar surface area (TPSA) is 84.9 Å². The minimum Gasteiger partial charge on any atom is -0.497 e. The van der Waals surface area contributed by atoms with Crippen LogP contribution in [0.5, 0.6) is 5.75 Å². The van der Waals surface area contributed by atoms with Gasteiger partial charge in [-0.05, 0) is 44.0 Å². The van der Waals surface area contributed by atoms with Crippen LogP contribution in [0, 0.1) is 6.92 Å². The van der Waals surface area contributed by atoms with E-state index in [4.69, 9.17) is 14.5 Å². The highest BCUT2D eigenvalue weighted by Crippen LogP contribution is 2.30. The number of aryl methyl sites for hydroxylation is 1. The number of morpholine rings is 1. The number of methoxy groups -OCH3 is 1. The molecule has 4 rings (SSSR count). The van der Waals surface area contributed by atoms with E-state index in [1.807, 2.05) is 13.0 Å². The zero-order valence-electron chi connectivity index (χ0n) is 17.5. The van der Waals surface area contributed by atoms with Crippen LogP contribution >= 0.6 is 0 Å². The molecule has 0 N–H and O–H groups in total. The van der Waals surface area contributed by atoms with Crippen molar-refractivity contribution < 1.29 is 17.9 Å². The standard InChI is InChI=1S/C21H28N4O4S/c1-16-15-20(24-11-13-29-14-12-24)23-21(22-16)17-7-9-25(10-8-17)30(26,27)19-5-3-18(28-2)4-6-19/h3-6,15,17H,7-14H2,1-2H3. The van der Waals surface area contributed by atoms with Crippen molar-refractivity contribution in [2.24, 2.45) is 0 Å². The van der Waals surface area contributed by atoms with Gasteiger partial charge in [-0.3, -0.25) is 0 Å². The molecule has 0 bridgehead atoms. The van der Waals surface area contributed by atoms with E-state index in [1.54, 1.807) is 35.7 Å². The Labute approximate surface area is 177 Å². The second-order valence-corrected chi connectivity index (χ2v) is 9.62. The minimum absolute atomic E-state index is 0.159. The van der Waals surface area contributed by atoms with Crippen molar-refractivity contribution in [2.75, 3.05) is 51.4 Å². The number of nitrogens with zero attached hydrogens (tertiary/aromatic N) is 4. The Balaban J connectivity index is 1.45. The van der Waals surface area contributed by atoms with Crippen molar-refractivity contribution in [2.45, 2.75) is 30.6 Å². The lowest BCUT2D eigenvalue weighted by Gasteiger charge is -2.32. The molecule has 2 aromatic rings. The molecular formula is C21H28N4O4S. The molecule has 8 nitrogen and oxygen atoms in total. The first-order valence-electron chi connectivity index (χ1n) is 10.3. The van der Waals surface area contributed by atoms with E-state index in [-0.39, 0.29) is 5.92 Å². The summed E-state index contributed by atoms with van der Waals surface area (Å²) in [5, 5.41) is 0. The average molecular weight is 433 g/mol. The van der Waals surface area contributed by atoms with Crippen molar-refractivity contribution in [3.05, 3.63) is 41.9 Å². The van der Waals surface area contributed by atoms with Crippen LogP contribution in [0.25, 0.3) is 0 Å². The van der Waals surface area contributed by atoms with Crippen LogP contribution < -0.4 is 9.64 Å². The third kappa shape index (κ3) is 4.43. The van der Waals surface area contributed by atoms with Crippen LogP contribution in [-0.4, -0.2) is 69.2 Å². The molecule has 30 heavy (non-hydrogen) atoms. The van der Waals surface area contributed by atoms with Crippen molar-refractivity contribution in [3.8, 4) is 5.75 Å². The molecule has 2 saturated heterocycles. The monoisotopic (exact) mass is 432 g/mol. The first-order valence-corrected chi connectivity index (χ1v) is 11.7. The minimum atomic E-state index is -3.51. The van der Waals surface area contributed by atoms with Gasteiger partial charge in [-0.1, -0.05) is 0 Å². The quantitative estimate of drug-likeness (QED) is 0.716. The first-order chi connectivity index (χ1) is 14.5. The van der Waals surface area contributed by atoms with Gasteiger partial charge >= 0.3 is 0 Å². The molecule has 162 valence electrons. The van der Waals surface area contributed by atoms with Crippen LogP contribution in [0.4, 0.5) is 5.82 Å². The van der Waals surface area contributed by atoms with Gasteiger partial charge in [0, 0.05) is 43.9 Å². The van der Waals surface area contributed by atoms with E-state index in [0.29, 0.717) is 49.8 Å². The summed E-state index contributed by atoms with van der Waals surface area (Å²) in [6, 6.07) is 8.55. The number of ether oxygens (including phenoxy) is 2. The molecule has 0 spiro atoms. The maximum Gasteiger partial charge on any atom is 0.243 e. The number of piperidine rings is 1. The summed E-state index contributed by atoms with van der Waals surface area (Å²) in [4.78, 5) is 12.0. The maximum absolute atomic E-state index is 13.0. The van der Waals surface area contributed by atoms with E-state index >= 15 is 0 Å². The fourth-order valence-electron chi connectivity index (χ4n) is 3.96. The van der Waals surface area contributed by atoms with E-state index in [1.165, 1.54) is 0 Å². The summed E-state index contributed by atoms with van der Waals surface area (Å²) in [6.45, 7) is 5.98. The van der Waals surface area contributed by atoms with Gasteiger partial charge in [-0.2, -0.15) is 4.31 Å². The van der Waals surface area contributed by atoms with Crippen molar-refractivity contribution in [3.63, 3.8) is 0 Å². The van der Waals surface area contributed by atoms with E-state index in [0.717, 1.165) is 30.4 Å². The lowest BCUT2D eigenvalue weighted by atomic mass is 9.97. The summed E-state index contributed by atoms with van der Waals surface area (Å²) in [5.41, 5.74) is 0.940. The fourth-order valence-corrected chi connectivity index (χ4v) is 5.43. The third-order valence-electron chi connectivity index (χ3n) is 5.71. The highest BCUT2D eigenvalue weighted by Gasteiger charge is 2.31. The molecular weight excluding hydrogens is 404 g/mol. The van der Waals surface area contributed by atoms with Gasteiger partial charge in [0.25, 0.3) is 0 Å². The van der Waals surface area contributed by atoms with Gasteiger partial charge in [0.2, 0.25) is 10.0 Å². The number of benzene rings is 1. The predicted octanol–water partition coefficient (Wildman–Crippen LogP) is 2.20.